The molecule has 2 unspecified atom stereocenters. The molecule has 0 bridgehead atoms. The zero-order valence-corrected chi connectivity index (χ0v) is 15.3. The molecule has 1 saturated carbocycles. The molecule has 1 fully saturated rings. The first-order valence-corrected chi connectivity index (χ1v) is 8.79. The summed E-state index contributed by atoms with van der Waals surface area (Å²) in [6, 6.07) is 0. The maximum Gasteiger partial charge on any atom is 0.320 e. The zero-order valence-electron chi connectivity index (χ0n) is 15.3. The molecule has 7 heteroatoms. The Bertz CT molecular complexity index is 500. The zero-order chi connectivity index (χ0) is 18.9. The van der Waals surface area contributed by atoms with Crippen LogP contribution >= 0.6 is 0 Å². The lowest BCUT2D eigenvalue weighted by Gasteiger charge is -2.35. The lowest BCUT2D eigenvalue weighted by atomic mass is 9.66. The van der Waals surface area contributed by atoms with Crippen molar-refractivity contribution >= 4 is 23.7 Å². The first-order valence-electron chi connectivity index (χ1n) is 8.79. The molecular weight excluding hydrogens is 328 g/mol. The Labute approximate surface area is 148 Å². The lowest BCUT2D eigenvalue weighted by Crippen LogP contribution is -2.50. The number of rotatable bonds is 6. The van der Waals surface area contributed by atoms with Crippen LogP contribution in [-0.2, 0) is 33.4 Å². The number of Topliss-reactive ketones (excluding diaryl/α,β-unsaturated/α-hetero) is 1. The van der Waals surface area contributed by atoms with Crippen molar-refractivity contribution in [3.63, 3.8) is 0 Å². The number of hydrogen-bond acceptors (Lipinski definition) is 7. The van der Waals surface area contributed by atoms with E-state index in [-0.39, 0.29) is 31.7 Å². The van der Waals surface area contributed by atoms with Crippen LogP contribution in [0.1, 0.15) is 58.3 Å². The van der Waals surface area contributed by atoms with Crippen molar-refractivity contribution in [1.29, 1.82) is 0 Å². The van der Waals surface area contributed by atoms with E-state index < -0.39 is 29.2 Å². The molecule has 0 aromatic rings. The summed E-state index contributed by atoms with van der Waals surface area (Å²) >= 11 is 0. The van der Waals surface area contributed by atoms with Crippen LogP contribution in [0.3, 0.4) is 0 Å². The summed E-state index contributed by atoms with van der Waals surface area (Å²) in [5, 5.41) is 0. The van der Waals surface area contributed by atoms with Crippen LogP contribution in [0.5, 0.6) is 0 Å². The summed E-state index contributed by atoms with van der Waals surface area (Å²) in [4.78, 5) is 49.9. The van der Waals surface area contributed by atoms with Gasteiger partial charge in [-0.15, -0.1) is 0 Å². The largest absolute Gasteiger partial charge is 0.469 e. The van der Waals surface area contributed by atoms with Gasteiger partial charge in [0.25, 0.3) is 0 Å². The number of carbonyl (C=O) groups is 4. The minimum Gasteiger partial charge on any atom is -0.469 e. The van der Waals surface area contributed by atoms with Gasteiger partial charge < -0.3 is 14.2 Å². The highest BCUT2D eigenvalue weighted by molar-refractivity contribution is 6.07. The van der Waals surface area contributed by atoms with E-state index in [0.29, 0.717) is 19.3 Å². The monoisotopic (exact) mass is 356 g/mol. The van der Waals surface area contributed by atoms with Crippen molar-refractivity contribution in [2.75, 3.05) is 20.8 Å². The Morgan fingerprint density at radius 1 is 1.08 bits per heavy atom. The third-order valence-electron chi connectivity index (χ3n) is 4.80. The number of ether oxygens (including phenoxy) is 3. The molecule has 0 saturated heterocycles. The molecule has 0 amide bonds. The van der Waals surface area contributed by atoms with Gasteiger partial charge in [-0.1, -0.05) is 19.3 Å². The summed E-state index contributed by atoms with van der Waals surface area (Å²) < 4.78 is 14.7. The van der Waals surface area contributed by atoms with Crippen molar-refractivity contribution in [3.8, 4) is 0 Å². The third kappa shape index (κ3) is 5.03. The van der Waals surface area contributed by atoms with E-state index in [4.69, 9.17) is 14.2 Å². The Hall–Kier alpha value is -1.92. The fourth-order valence-electron chi connectivity index (χ4n) is 3.50. The molecule has 0 heterocycles. The van der Waals surface area contributed by atoms with Gasteiger partial charge >= 0.3 is 17.9 Å². The molecule has 142 valence electrons. The van der Waals surface area contributed by atoms with Crippen LogP contribution in [0, 0.1) is 11.3 Å². The summed E-state index contributed by atoms with van der Waals surface area (Å²) in [5.74, 6) is -3.23. The maximum absolute atomic E-state index is 13.0. The van der Waals surface area contributed by atoms with E-state index in [1.807, 2.05) is 0 Å². The molecule has 0 aromatic carbocycles. The van der Waals surface area contributed by atoms with Crippen molar-refractivity contribution in [2.45, 2.75) is 58.3 Å². The quantitative estimate of drug-likeness (QED) is 0.409. The van der Waals surface area contributed by atoms with Gasteiger partial charge in [-0.2, -0.15) is 0 Å². The standard InChI is InChI=1S/C18H28O7/c1-4-25-15(20)11-12-18(17(22)24-3)13(16(21)23-2)9-7-5-6-8-10-14(18)19/h13H,4-12H2,1-3H3. The summed E-state index contributed by atoms with van der Waals surface area (Å²) in [5.41, 5.74) is -1.70. The fourth-order valence-corrected chi connectivity index (χ4v) is 3.50. The average Bonchev–Trinajstić information content (AvgIpc) is 2.68. The van der Waals surface area contributed by atoms with Gasteiger partial charge in [0, 0.05) is 12.8 Å². The maximum atomic E-state index is 13.0. The Morgan fingerprint density at radius 2 is 1.76 bits per heavy atom. The number of hydrogen-bond donors (Lipinski definition) is 0. The average molecular weight is 356 g/mol. The van der Waals surface area contributed by atoms with E-state index in [1.54, 1.807) is 6.92 Å². The summed E-state index contributed by atoms with van der Waals surface area (Å²) in [6.07, 6.45) is 3.34. The van der Waals surface area contributed by atoms with E-state index in [1.165, 1.54) is 14.2 Å². The van der Waals surface area contributed by atoms with Gasteiger partial charge in [-0.05, 0) is 26.2 Å². The second-order valence-corrected chi connectivity index (χ2v) is 6.22. The predicted octanol–water partition coefficient (Wildman–Crippen LogP) is 2.20. The van der Waals surface area contributed by atoms with E-state index in [2.05, 4.69) is 0 Å². The van der Waals surface area contributed by atoms with Crippen molar-refractivity contribution in [2.24, 2.45) is 11.3 Å². The van der Waals surface area contributed by atoms with Crippen LogP contribution in [0.4, 0.5) is 0 Å². The molecule has 2 atom stereocenters. The van der Waals surface area contributed by atoms with Crippen molar-refractivity contribution in [3.05, 3.63) is 0 Å². The first-order chi connectivity index (χ1) is 11.9. The Balaban J connectivity index is 3.31. The number of esters is 3. The molecule has 1 aliphatic carbocycles. The molecule has 7 nitrogen and oxygen atoms in total. The van der Waals surface area contributed by atoms with Gasteiger partial charge in [0.2, 0.25) is 0 Å². The molecular formula is C18H28O7. The van der Waals surface area contributed by atoms with Crippen LogP contribution in [0.15, 0.2) is 0 Å². The molecule has 1 rings (SSSR count). The van der Waals surface area contributed by atoms with Gasteiger partial charge in [-0.3, -0.25) is 19.2 Å². The number of ketones is 1. The highest BCUT2D eigenvalue weighted by Crippen LogP contribution is 2.42. The lowest BCUT2D eigenvalue weighted by molar-refractivity contribution is -0.173. The Kier molecular flexibility index (Phi) is 8.58. The third-order valence-corrected chi connectivity index (χ3v) is 4.80. The molecule has 1 aliphatic rings. The predicted molar refractivity (Wildman–Crippen MR) is 88.5 cm³/mol. The fraction of sp³-hybridized carbons (Fsp3) is 0.778. The molecule has 0 radical (unpaired) electrons. The number of carbonyl (C=O) groups excluding carboxylic acids is 4. The van der Waals surface area contributed by atoms with Gasteiger partial charge in [0.1, 0.15) is 5.41 Å². The van der Waals surface area contributed by atoms with Crippen LogP contribution in [0.2, 0.25) is 0 Å². The van der Waals surface area contributed by atoms with Gasteiger partial charge in [-0.25, -0.2) is 0 Å². The first kappa shape index (κ1) is 21.1. The minimum absolute atomic E-state index is 0.114. The van der Waals surface area contributed by atoms with E-state index >= 15 is 0 Å². The van der Waals surface area contributed by atoms with Crippen LogP contribution in [0.25, 0.3) is 0 Å². The highest BCUT2D eigenvalue weighted by atomic mass is 16.5. The normalized spacial score (nSPS) is 24.4. The molecule has 0 spiro atoms. The van der Waals surface area contributed by atoms with E-state index in [9.17, 15) is 19.2 Å². The van der Waals surface area contributed by atoms with E-state index in [0.717, 1.165) is 12.8 Å². The molecule has 0 aliphatic heterocycles. The molecule has 0 aromatic heterocycles. The SMILES string of the molecule is CCOC(=O)CCC1(C(=O)OC)C(=O)CCCCCCC1C(=O)OC. The second-order valence-electron chi connectivity index (χ2n) is 6.22. The summed E-state index contributed by atoms with van der Waals surface area (Å²) in [6.45, 7) is 1.88. The smallest absolute Gasteiger partial charge is 0.320 e. The van der Waals surface area contributed by atoms with Crippen molar-refractivity contribution in [1.82, 2.24) is 0 Å². The van der Waals surface area contributed by atoms with Crippen molar-refractivity contribution < 1.29 is 33.4 Å². The molecule has 0 N–H and O–H groups in total. The topological polar surface area (TPSA) is 96.0 Å². The van der Waals surface area contributed by atoms with Gasteiger partial charge in [0.05, 0.1) is 26.7 Å². The minimum atomic E-state index is -1.70. The highest BCUT2D eigenvalue weighted by Gasteiger charge is 2.55. The van der Waals surface area contributed by atoms with Crippen LogP contribution < -0.4 is 0 Å². The molecule has 25 heavy (non-hydrogen) atoms. The second kappa shape index (κ2) is 10.2. The van der Waals surface area contributed by atoms with Gasteiger partial charge in [0.15, 0.2) is 5.78 Å². The Morgan fingerprint density at radius 3 is 2.36 bits per heavy atom. The van der Waals surface area contributed by atoms with Crippen LogP contribution in [-0.4, -0.2) is 44.5 Å². The number of methoxy groups -OCH3 is 2. The summed E-state index contributed by atoms with van der Waals surface area (Å²) in [7, 11) is 2.41.